The third-order valence-electron chi connectivity index (χ3n) is 4.27. The fraction of sp³-hybridized carbons (Fsp3) is 0.350. The SMILES string of the molecule is CCOC(=O)c1c(C)oc2nc(CN(C)Cc3cccc(OC)c3)[nH]c(=O)c12. The molecule has 0 saturated heterocycles. The number of fused-ring (bicyclic) bond motifs is 1. The van der Waals surface area contributed by atoms with E-state index in [1.807, 2.05) is 36.2 Å². The first-order chi connectivity index (χ1) is 13.4. The number of esters is 1. The molecule has 0 aliphatic rings. The van der Waals surface area contributed by atoms with E-state index in [1.54, 1.807) is 21.0 Å². The van der Waals surface area contributed by atoms with E-state index < -0.39 is 11.5 Å². The Bertz CT molecular complexity index is 1050. The minimum atomic E-state index is -0.589. The van der Waals surface area contributed by atoms with E-state index in [1.165, 1.54) is 0 Å². The minimum absolute atomic E-state index is 0.121. The summed E-state index contributed by atoms with van der Waals surface area (Å²) < 4.78 is 15.8. The quantitative estimate of drug-likeness (QED) is 0.624. The summed E-state index contributed by atoms with van der Waals surface area (Å²) >= 11 is 0. The number of furan rings is 1. The van der Waals surface area contributed by atoms with Gasteiger partial charge in [0.15, 0.2) is 0 Å². The summed E-state index contributed by atoms with van der Waals surface area (Å²) in [6, 6.07) is 7.77. The van der Waals surface area contributed by atoms with Gasteiger partial charge in [-0.25, -0.2) is 4.79 Å². The molecule has 148 valence electrons. The Morgan fingerprint density at radius 1 is 1.32 bits per heavy atom. The molecule has 8 heteroatoms. The number of aromatic nitrogens is 2. The zero-order valence-corrected chi connectivity index (χ0v) is 16.4. The van der Waals surface area contributed by atoms with Gasteiger partial charge in [0, 0.05) is 6.54 Å². The van der Waals surface area contributed by atoms with Crippen molar-refractivity contribution in [3.05, 3.63) is 57.3 Å². The molecule has 0 aliphatic heterocycles. The molecule has 1 N–H and O–H groups in total. The predicted molar refractivity (Wildman–Crippen MR) is 103 cm³/mol. The van der Waals surface area contributed by atoms with Gasteiger partial charge in [-0.15, -0.1) is 0 Å². The molecule has 0 fully saturated rings. The monoisotopic (exact) mass is 385 g/mol. The van der Waals surface area contributed by atoms with Crippen LogP contribution in [0.15, 0.2) is 33.5 Å². The van der Waals surface area contributed by atoms with Crippen LogP contribution in [0.4, 0.5) is 0 Å². The number of aryl methyl sites for hydroxylation is 1. The second kappa shape index (κ2) is 8.26. The van der Waals surface area contributed by atoms with Crippen molar-refractivity contribution < 1.29 is 18.7 Å². The van der Waals surface area contributed by atoms with Crippen LogP contribution in [0.3, 0.4) is 0 Å². The fourth-order valence-electron chi connectivity index (χ4n) is 3.08. The Morgan fingerprint density at radius 3 is 2.82 bits per heavy atom. The van der Waals surface area contributed by atoms with Crippen LogP contribution in [0.1, 0.15) is 34.4 Å². The van der Waals surface area contributed by atoms with Gasteiger partial charge in [0.1, 0.15) is 28.3 Å². The van der Waals surface area contributed by atoms with Gasteiger partial charge >= 0.3 is 5.97 Å². The van der Waals surface area contributed by atoms with Crippen molar-refractivity contribution in [3.8, 4) is 5.75 Å². The van der Waals surface area contributed by atoms with Crippen molar-refractivity contribution >= 4 is 17.1 Å². The Kier molecular flexibility index (Phi) is 5.79. The highest BCUT2D eigenvalue weighted by Crippen LogP contribution is 2.22. The van der Waals surface area contributed by atoms with Gasteiger partial charge in [0.25, 0.3) is 5.56 Å². The fourth-order valence-corrected chi connectivity index (χ4v) is 3.08. The zero-order chi connectivity index (χ0) is 20.3. The maximum absolute atomic E-state index is 12.6. The molecular formula is C20H23N3O5. The molecule has 0 spiro atoms. The van der Waals surface area contributed by atoms with E-state index >= 15 is 0 Å². The van der Waals surface area contributed by atoms with Crippen molar-refractivity contribution in [2.45, 2.75) is 26.9 Å². The predicted octanol–water partition coefficient (Wildman–Crippen LogP) is 2.64. The normalized spacial score (nSPS) is 11.2. The number of carbonyl (C=O) groups excluding carboxylic acids is 1. The van der Waals surface area contributed by atoms with Crippen molar-refractivity contribution in [2.24, 2.45) is 0 Å². The Balaban J connectivity index is 1.84. The lowest BCUT2D eigenvalue weighted by Gasteiger charge is -2.16. The number of carbonyl (C=O) groups is 1. The van der Waals surface area contributed by atoms with Gasteiger partial charge in [-0.2, -0.15) is 4.98 Å². The minimum Gasteiger partial charge on any atom is -0.497 e. The van der Waals surface area contributed by atoms with Gasteiger partial charge < -0.3 is 18.9 Å². The third-order valence-corrected chi connectivity index (χ3v) is 4.27. The molecule has 0 unspecified atom stereocenters. The van der Waals surface area contributed by atoms with Crippen molar-refractivity contribution in [2.75, 3.05) is 20.8 Å². The summed E-state index contributed by atoms with van der Waals surface area (Å²) in [5.74, 6) is 0.964. The lowest BCUT2D eigenvalue weighted by Crippen LogP contribution is -2.22. The second-order valence-corrected chi connectivity index (χ2v) is 6.47. The molecule has 2 heterocycles. The summed E-state index contributed by atoms with van der Waals surface area (Å²) in [7, 11) is 3.55. The number of ether oxygens (including phenoxy) is 2. The maximum atomic E-state index is 12.6. The molecule has 0 amide bonds. The Morgan fingerprint density at radius 2 is 2.11 bits per heavy atom. The van der Waals surface area contributed by atoms with Crippen LogP contribution in [-0.4, -0.2) is 41.6 Å². The van der Waals surface area contributed by atoms with Crippen LogP contribution in [0.5, 0.6) is 5.75 Å². The lowest BCUT2D eigenvalue weighted by molar-refractivity contribution is 0.0526. The first-order valence-electron chi connectivity index (χ1n) is 8.93. The first kappa shape index (κ1) is 19.6. The van der Waals surface area contributed by atoms with E-state index in [9.17, 15) is 9.59 Å². The first-order valence-corrected chi connectivity index (χ1v) is 8.93. The number of aromatic amines is 1. The van der Waals surface area contributed by atoms with E-state index in [0.29, 0.717) is 24.7 Å². The summed E-state index contributed by atoms with van der Waals surface area (Å²) in [6.07, 6.45) is 0. The standard InChI is InChI=1S/C20H23N3O5/c1-5-27-20(25)16-12(2)28-19-17(16)18(24)21-15(22-19)11-23(3)10-13-7-6-8-14(9-13)26-4/h6-9H,5,10-11H2,1-4H3,(H,21,22,24). The number of methoxy groups -OCH3 is 1. The molecular weight excluding hydrogens is 362 g/mol. The van der Waals surface area contributed by atoms with Crippen molar-refractivity contribution in [1.82, 2.24) is 14.9 Å². The second-order valence-electron chi connectivity index (χ2n) is 6.47. The summed E-state index contributed by atoms with van der Waals surface area (Å²) in [4.78, 5) is 33.8. The van der Waals surface area contributed by atoms with Gasteiger partial charge in [-0.3, -0.25) is 9.69 Å². The topological polar surface area (TPSA) is 97.7 Å². The van der Waals surface area contributed by atoms with E-state index in [0.717, 1.165) is 11.3 Å². The molecule has 1 aromatic carbocycles. The third kappa shape index (κ3) is 4.07. The molecule has 3 rings (SSSR count). The molecule has 0 bridgehead atoms. The van der Waals surface area contributed by atoms with Crippen LogP contribution in [-0.2, 0) is 17.8 Å². The highest BCUT2D eigenvalue weighted by Gasteiger charge is 2.23. The number of hydrogen-bond acceptors (Lipinski definition) is 7. The zero-order valence-electron chi connectivity index (χ0n) is 16.4. The van der Waals surface area contributed by atoms with E-state index in [-0.39, 0.29) is 23.3 Å². The Labute approximate surface area is 162 Å². The molecule has 2 aromatic heterocycles. The van der Waals surface area contributed by atoms with Crippen LogP contribution in [0, 0.1) is 6.92 Å². The van der Waals surface area contributed by atoms with Gasteiger partial charge in [-0.05, 0) is 38.6 Å². The average molecular weight is 385 g/mol. The van der Waals surface area contributed by atoms with Gasteiger partial charge in [0.05, 0.1) is 20.3 Å². The van der Waals surface area contributed by atoms with Crippen LogP contribution in [0.2, 0.25) is 0 Å². The summed E-state index contributed by atoms with van der Waals surface area (Å²) in [5.41, 5.74) is 0.911. The average Bonchev–Trinajstić information content (AvgIpc) is 2.98. The van der Waals surface area contributed by atoms with E-state index in [4.69, 9.17) is 13.9 Å². The van der Waals surface area contributed by atoms with E-state index in [2.05, 4.69) is 9.97 Å². The lowest BCUT2D eigenvalue weighted by atomic mass is 10.2. The highest BCUT2D eigenvalue weighted by atomic mass is 16.5. The van der Waals surface area contributed by atoms with Gasteiger partial charge in [-0.1, -0.05) is 12.1 Å². The molecule has 0 atom stereocenters. The summed E-state index contributed by atoms with van der Waals surface area (Å²) in [6.45, 7) is 4.57. The van der Waals surface area contributed by atoms with Crippen LogP contribution >= 0.6 is 0 Å². The molecule has 3 aromatic rings. The maximum Gasteiger partial charge on any atom is 0.342 e. The number of nitrogens with one attached hydrogen (secondary N) is 1. The van der Waals surface area contributed by atoms with Crippen molar-refractivity contribution in [1.29, 1.82) is 0 Å². The number of rotatable bonds is 7. The smallest absolute Gasteiger partial charge is 0.342 e. The number of benzene rings is 1. The molecule has 0 aliphatic carbocycles. The Hall–Kier alpha value is -3.13. The number of hydrogen-bond donors (Lipinski definition) is 1. The van der Waals surface area contributed by atoms with Gasteiger partial charge in [0.2, 0.25) is 5.71 Å². The largest absolute Gasteiger partial charge is 0.497 e. The highest BCUT2D eigenvalue weighted by molar-refractivity contribution is 6.03. The molecule has 28 heavy (non-hydrogen) atoms. The number of H-pyrrole nitrogens is 1. The number of nitrogens with zero attached hydrogens (tertiary/aromatic N) is 2. The molecule has 0 radical (unpaired) electrons. The van der Waals surface area contributed by atoms with Crippen LogP contribution in [0.25, 0.3) is 11.1 Å². The summed E-state index contributed by atoms with van der Waals surface area (Å²) in [5, 5.41) is 0.121. The van der Waals surface area contributed by atoms with Crippen molar-refractivity contribution in [3.63, 3.8) is 0 Å². The van der Waals surface area contributed by atoms with Crippen LogP contribution < -0.4 is 10.3 Å². The molecule has 8 nitrogen and oxygen atoms in total. The molecule has 0 saturated carbocycles.